The molecule has 1 aromatic rings. The van der Waals surface area contributed by atoms with Crippen LogP contribution in [0, 0.1) is 10.1 Å². The van der Waals surface area contributed by atoms with Crippen molar-refractivity contribution in [2.75, 3.05) is 25.0 Å². The Balaban J connectivity index is 2.03. The van der Waals surface area contributed by atoms with Crippen molar-refractivity contribution in [3.63, 3.8) is 0 Å². The lowest BCUT2D eigenvalue weighted by Crippen LogP contribution is -2.38. The summed E-state index contributed by atoms with van der Waals surface area (Å²) in [6.07, 6.45) is 0.559. The van der Waals surface area contributed by atoms with Gasteiger partial charge in [0.05, 0.1) is 11.5 Å². The minimum Gasteiger partial charge on any atom is -0.376 e. The summed E-state index contributed by atoms with van der Waals surface area (Å²) >= 11 is 0. The molecule has 0 unspecified atom stereocenters. The first kappa shape index (κ1) is 14.8. The zero-order valence-electron chi connectivity index (χ0n) is 11.6. The Hall–Kier alpha value is -2.64. The molecule has 0 bridgehead atoms. The summed E-state index contributed by atoms with van der Waals surface area (Å²) in [7, 11) is 0. The van der Waals surface area contributed by atoms with Crippen LogP contribution in [-0.4, -0.2) is 41.4 Å². The average molecular weight is 292 g/mol. The number of hydrogen-bond donors (Lipinski definition) is 2. The molecule has 2 N–H and O–H groups in total. The fourth-order valence-corrected chi connectivity index (χ4v) is 2.13. The molecular weight excluding hydrogens is 276 g/mol. The van der Waals surface area contributed by atoms with Crippen LogP contribution in [0.25, 0.3) is 0 Å². The van der Waals surface area contributed by atoms with E-state index in [2.05, 4.69) is 10.6 Å². The van der Waals surface area contributed by atoms with E-state index in [-0.39, 0.29) is 18.1 Å². The highest BCUT2D eigenvalue weighted by Gasteiger charge is 2.25. The first-order valence-corrected chi connectivity index (χ1v) is 6.62. The van der Waals surface area contributed by atoms with Gasteiger partial charge in [-0.15, -0.1) is 0 Å². The van der Waals surface area contributed by atoms with Gasteiger partial charge in [-0.2, -0.15) is 0 Å². The number of anilines is 1. The van der Waals surface area contributed by atoms with Crippen LogP contribution in [0.1, 0.15) is 12.5 Å². The Kier molecular flexibility index (Phi) is 4.36. The Labute approximate surface area is 121 Å². The lowest BCUT2D eigenvalue weighted by molar-refractivity contribution is -0.385. The smallest absolute Gasteiger partial charge is 0.324 e. The van der Waals surface area contributed by atoms with E-state index in [4.69, 9.17) is 0 Å². The number of imide groups is 1. The Morgan fingerprint density at radius 3 is 2.86 bits per heavy atom. The van der Waals surface area contributed by atoms with Crippen molar-refractivity contribution in [3.05, 3.63) is 33.9 Å². The van der Waals surface area contributed by atoms with Crippen molar-refractivity contribution in [2.45, 2.75) is 13.3 Å². The quantitative estimate of drug-likeness (QED) is 0.625. The van der Waals surface area contributed by atoms with E-state index < -0.39 is 11.0 Å². The zero-order chi connectivity index (χ0) is 15.4. The van der Waals surface area contributed by atoms with Gasteiger partial charge in [-0.1, -0.05) is 13.0 Å². The fraction of sp³-hybridized carbons (Fsp3) is 0.385. The molecule has 0 spiro atoms. The molecule has 2 rings (SSSR count). The van der Waals surface area contributed by atoms with Gasteiger partial charge in [-0.25, -0.2) is 4.79 Å². The molecule has 1 aliphatic rings. The van der Waals surface area contributed by atoms with Gasteiger partial charge in [-0.05, 0) is 12.5 Å². The van der Waals surface area contributed by atoms with Crippen molar-refractivity contribution >= 4 is 23.3 Å². The van der Waals surface area contributed by atoms with Crippen molar-refractivity contribution in [2.24, 2.45) is 0 Å². The molecule has 3 amide bonds. The maximum atomic E-state index is 11.8. The van der Waals surface area contributed by atoms with E-state index in [1.165, 1.54) is 6.07 Å². The highest BCUT2D eigenvalue weighted by atomic mass is 16.6. The number of aryl methyl sites for hydroxylation is 1. The van der Waals surface area contributed by atoms with Gasteiger partial charge in [0.1, 0.15) is 0 Å². The normalized spacial score (nSPS) is 14.0. The van der Waals surface area contributed by atoms with Crippen molar-refractivity contribution in [1.82, 2.24) is 10.2 Å². The Morgan fingerprint density at radius 1 is 1.52 bits per heavy atom. The van der Waals surface area contributed by atoms with E-state index in [1.807, 2.05) is 6.92 Å². The summed E-state index contributed by atoms with van der Waals surface area (Å²) in [5.41, 5.74) is 1.14. The number of nitro groups is 1. The Bertz CT molecular complexity index is 588. The average Bonchev–Trinajstić information content (AvgIpc) is 2.90. The maximum Gasteiger partial charge on any atom is 0.324 e. The summed E-state index contributed by atoms with van der Waals surface area (Å²) in [4.78, 5) is 34.8. The third kappa shape index (κ3) is 3.28. The van der Waals surface area contributed by atoms with Gasteiger partial charge in [0, 0.05) is 30.4 Å². The van der Waals surface area contributed by atoms with Gasteiger partial charge in [0.15, 0.2) is 0 Å². The van der Waals surface area contributed by atoms with Crippen molar-refractivity contribution in [1.29, 1.82) is 0 Å². The van der Waals surface area contributed by atoms with Crippen LogP contribution in [0.4, 0.5) is 16.2 Å². The first-order chi connectivity index (χ1) is 10.0. The standard InChI is InChI=1S/C13H16N4O4/c1-2-9-3-4-10(7-11(9)17(20)21)15-8-12(18)16-6-5-14-13(16)19/h3-4,7,15H,2,5-6,8H2,1H3,(H,14,19). The second-order valence-corrected chi connectivity index (χ2v) is 4.59. The number of urea groups is 1. The summed E-state index contributed by atoms with van der Waals surface area (Å²) in [6, 6.07) is 4.33. The molecule has 0 atom stereocenters. The minimum absolute atomic E-state index is 0.0221. The molecule has 1 fully saturated rings. The van der Waals surface area contributed by atoms with E-state index in [9.17, 15) is 19.7 Å². The van der Waals surface area contributed by atoms with Crippen LogP contribution in [0.2, 0.25) is 0 Å². The van der Waals surface area contributed by atoms with Gasteiger partial charge in [0.25, 0.3) is 5.69 Å². The number of carbonyl (C=O) groups excluding carboxylic acids is 2. The third-order valence-electron chi connectivity index (χ3n) is 3.26. The molecule has 1 heterocycles. The monoisotopic (exact) mass is 292 g/mol. The van der Waals surface area contributed by atoms with Crippen molar-refractivity contribution < 1.29 is 14.5 Å². The van der Waals surface area contributed by atoms with Gasteiger partial charge >= 0.3 is 6.03 Å². The number of nitrogens with zero attached hydrogens (tertiary/aromatic N) is 2. The summed E-state index contributed by atoms with van der Waals surface area (Å²) in [5.74, 6) is -0.368. The second kappa shape index (κ2) is 6.21. The molecule has 8 nitrogen and oxygen atoms in total. The van der Waals surface area contributed by atoms with Crippen LogP contribution >= 0.6 is 0 Å². The van der Waals surface area contributed by atoms with Gasteiger partial charge < -0.3 is 10.6 Å². The number of nitro benzene ring substituents is 1. The molecule has 0 radical (unpaired) electrons. The predicted molar refractivity (Wildman–Crippen MR) is 76.1 cm³/mol. The number of nitrogens with one attached hydrogen (secondary N) is 2. The highest BCUT2D eigenvalue weighted by Crippen LogP contribution is 2.23. The molecule has 0 aliphatic carbocycles. The van der Waals surface area contributed by atoms with Crippen LogP contribution in [-0.2, 0) is 11.2 Å². The molecule has 1 aromatic carbocycles. The molecule has 21 heavy (non-hydrogen) atoms. The molecule has 1 aliphatic heterocycles. The SMILES string of the molecule is CCc1ccc(NCC(=O)N2CCNC2=O)cc1[N+](=O)[O-]. The van der Waals surface area contributed by atoms with Crippen LogP contribution in [0.15, 0.2) is 18.2 Å². The second-order valence-electron chi connectivity index (χ2n) is 4.59. The van der Waals surface area contributed by atoms with E-state index in [1.54, 1.807) is 12.1 Å². The number of benzene rings is 1. The predicted octanol–water partition coefficient (Wildman–Crippen LogP) is 1.12. The summed E-state index contributed by atoms with van der Waals surface area (Å²) < 4.78 is 0. The fourth-order valence-electron chi connectivity index (χ4n) is 2.13. The van der Waals surface area contributed by atoms with E-state index in [0.29, 0.717) is 30.8 Å². The first-order valence-electron chi connectivity index (χ1n) is 6.62. The van der Waals surface area contributed by atoms with Gasteiger partial charge in [-0.3, -0.25) is 19.8 Å². The van der Waals surface area contributed by atoms with E-state index >= 15 is 0 Å². The highest BCUT2D eigenvalue weighted by molar-refractivity contribution is 5.97. The number of rotatable bonds is 5. The molecule has 112 valence electrons. The molecule has 0 saturated carbocycles. The van der Waals surface area contributed by atoms with E-state index in [0.717, 1.165) is 4.90 Å². The minimum atomic E-state index is -0.445. The summed E-state index contributed by atoms with van der Waals surface area (Å²) in [6.45, 7) is 2.54. The largest absolute Gasteiger partial charge is 0.376 e. The summed E-state index contributed by atoms with van der Waals surface area (Å²) in [5, 5.41) is 16.3. The van der Waals surface area contributed by atoms with Gasteiger partial charge in [0.2, 0.25) is 5.91 Å². The topological polar surface area (TPSA) is 105 Å². The molecule has 0 aromatic heterocycles. The number of carbonyl (C=O) groups is 2. The maximum absolute atomic E-state index is 11.8. The lowest BCUT2D eigenvalue weighted by atomic mass is 10.1. The number of amides is 3. The van der Waals surface area contributed by atoms with Crippen LogP contribution in [0.5, 0.6) is 0 Å². The van der Waals surface area contributed by atoms with Crippen molar-refractivity contribution in [3.8, 4) is 0 Å². The third-order valence-corrected chi connectivity index (χ3v) is 3.26. The molecule has 8 heteroatoms. The molecule has 1 saturated heterocycles. The number of hydrogen-bond acceptors (Lipinski definition) is 5. The van der Waals surface area contributed by atoms with Crippen LogP contribution < -0.4 is 10.6 Å². The Morgan fingerprint density at radius 2 is 2.29 bits per heavy atom. The van der Waals surface area contributed by atoms with Crippen LogP contribution in [0.3, 0.4) is 0 Å². The zero-order valence-corrected chi connectivity index (χ0v) is 11.6. The lowest BCUT2D eigenvalue weighted by Gasteiger charge is -2.13. The molecular formula is C13H16N4O4.